The van der Waals surface area contributed by atoms with E-state index in [-0.39, 0.29) is 11.3 Å². The highest BCUT2D eigenvalue weighted by Gasteiger charge is 2.41. The number of carbonyl (C=O) groups excluding carboxylic acids is 1. The molecule has 0 heterocycles. The summed E-state index contributed by atoms with van der Waals surface area (Å²) in [6.45, 7) is 1.23. The van der Waals surface area contributed by atoms with Crippen molar-refractivity contribution in [1.82, 2.24) is 0 Å². The molecular weight excluding hydrogens is 326 g/mol. The Hall–Kier alpha value is -1.28. The average Bonchev–Trinajstić information content (AvgIpc) is 2.26. The van der Waals surface area contributed by atoms with E-state index in [1.807, 2.05) is 0 Å². The van der Waals surface area contributed by atoms with E-state index in [0.717, 1.165) is 18.4 Å². The van der Waals surface area contributed by atoms with E-state index in [0.29, 0.717) is 0 Å². The molecule has 18 heavy (non-hydrogen) atoms. The molecule has 0 aromatic heterocycles. The van der Waals surface area contributed by atoms with Crippen molar-refractivity contribution in [1.29, 1.82) is 0 Å². The Morgan fingerprint density at radius 1 is 1.33 bits per heavy atom. The maximum Gasteiger partial charge on any atom is 0.269 e. The zero-order valence-electron chi connectivity index (χ0n) is 9.58. The van der Waals surface area contributed by atoms with Gasteiger partial charge in [-0.1, -0.05) is 15.9 Å². The molecule has 98 valence electrons. The SMILES string of the molecule is CC(Br)(C(=O)c1ccc([N+](=O)[O-])cc1)S(C)(=O)=O. The monoisotopic (exact) mass is 335 g/mol. The first-order valence-corrected chi connectivity index (χ1v) is 7.43. The van der Waals surface area contributed by atoms with E-state index in [2.05, 4.69) is 15.9 Å². The van der Waals surface area contributed by atoms with E-state index < -0.39 is 24.2 Å². The van der Waals surface area contributed by atoms with Gasteiger partial charge < -0.3 is 0 Å². The fraction of sp³-hybridized carbons (Fsp3) is 0.300. The third-order valence-electron chi connectivity index (χ3n) is 2.44. The van der Waals surface area contributed by atoms with Crippen molar-refractivity contribution in [2.45, 2.75) is 10.6 Å². The average molecular weight is 336 g/mol. The Balaban J connectivity index is 3.17. The standard InChI is InChI=1S/C10H10BrNO5S/c1-10(11,18(2,16)17)9(13)7-3-5-8(6-4-7)12(14)15/h3-6H,1-2H3. The molecule has 1 unspecified atom stereocenters. The molecule has 0 bridgehead atoms. The highest BCUT2D eigenvalue weighted by Crippen LogP contribution is 2.29. The van der Waals surface area contributed by atoms with Gasteiger partial charge in [0.2, 0.25) is 0 Å². The van der Waals surface area contributed by atoms with Gasteiger partial charge in [-0.25, -0.2) is 8.42 Å². The molecule has 1 aromatic rings. The van der Waals surface area contributed by atoms with E-state index in [9.17, 15) is 23.3 Å². The minimum atomic E-state index is -3.64. The lowest BCUT2D eigenvalue weighted by atomic mass is 10.1. The van der Waals surface area contributed by atoms with Crippen LogP contribution in [0.3, 0.4) is 0 Å². The Labute approximate surface area is 112 Å². The quantitative estimate of drug-likeness (QED) is 0.362. The number of ketones is 1. The van der Waals surface area contributed by atoms with Crippen molar-refractivity contribution in [2.24, 2.45) is 0 Å². The predicted molar refractivity (Wildman–Crippen MR) is 69.6 cm³/mol. The van der Waals surface area contributed by atoms with Crippen LogP contribution in [-0.2, 0) is 9.84 Å². The fourth-order valence-electron chi connectivity index (χ4n) is 1.16. The number of carbonyl (C=O) groups is 1. The molecule has 0 amide bonds. The summed E-state index contributed by atoms with van der Waals surface area (Å²) in [7, 11) is -3.64. The maximum atomic E-state index is 12.0. The van der Waals surface area contributed by atoms with Crippen LogP contribution in [0, 0.1) is 10.1 Å². The van der Waals surface area contributed by atoms with Gasteiger partial charge in [-0.2, -0.15) is 0 Å². The minimum absolute atomic E-state index is 0.0883. The van der Waals surface area contributed by atoms with Crippen LogP contribution in [0.5, 0.6) is 0 Å². The summed E-state index contributed by atoms with van der Waals surface area (Å²) in [4.78, 5) is 21.9. The smallest absolute Gasteiger partial charge is 0.269 e. The van der Waals surface area contributed by atoms with Crippen LogP contribution in [0.25, 0.3) is 0 Å². The van der Waals surface area contributed by atoms with Crippen LogP contribution in [0.2, 0.25) is 0 Å². The lowest BCUT2D eigenvalue weighted by Gasteiger charge is -2.18. The van der Waals surface area contributed by atoms with Crippen LogP contribution in [0.15, 0.2) is 24.3 Å². The predicted octanol–water partition coefficient (Wildman–Crippen LogP) is 1.93. The molecule has 0 aliphatic rings. The van der Waals surface area contributed by atoms with E-state index in [4.69, 9.17) is 0 Å². The maximum absolute atomic E-state index is 12.0. The van der Waals surface area contributed by atoms with Crippen LogP contribution in [-0.4, -0.2) is 29.0 Å². The molecule has 0 N–H and O–H groups in total. The summed E-state index contributed by atoms with van der Waals surface area (Å²) in [5.41, 5.74) is -0.0763. The van der Waals surface area contributed by atoms with E-state index >= 15 is 0 Å². The van der Waals surface area contributed by atoms with Gasteiger partial charge in [0.25, 0.3) is 5.69 Å². The number of alkyl halides is 1. The normalized spacial score (nSPS) is 14.8. The Bertz CT molecular complexity index is 591. The lowest BCUT2D eigenvalue weighted by molar-refractivity contribution is -0.384. The van der Waals surface area contributed by atoms with Gasteiger partial charge in [0.1, 0.15) is 0 Å². The minimum Gasteiger partial charge on any atom is -0.291 e. The number of halogens is 1. The molecule has 1 rings (SSSR count). The van der Waals surface area contributed by atoms with Gasteiger partial charge in [0.05, 0.1) is 4.92 Å². The molecule has 0 saturated carbocycles. The summed E-state index contributed by atoms with van der Waals surface area (Å²) in [6.07, 6.45) is 0.936. The van der Waals surface area contributed by atoms with Gasteiger partial charge in [0, 0.05) is 24.0 Å². The molecule has 0 radical (unpaired) electrons. The lowest BCUT2D eigenvalue weighted by Crippen LogP contribution is -2.36. The number of hydrogen-bond acceptors (Lipinski definition) is 5. The molecule has 0 saturated heterocycles. The largest absolute Gasteiger partial charge is 0.291 e. The van der Waals surface area contributed by atoms with Gasteiger partial charge in [-0.05, 0) is 19.1 Å². The molecule has 0 aliphatic heterocycles. The number of rotatable bonds is 4. The Morgan fingerprint density at radius 3 is 2.11 bits per heavy atom. The van der Waals surface area contributed by atoms with Crippen molar-refractivity contribution in [3.8, 4) is 0 Å². The van der Waals surface area contributed by atoms with Gasteiger partial charge in [0.15, 0.2) is 19.3 Å². The summed E-state index contributed by atoms with van der Waals surface area (Å²) in [5, 5.41) is 10.5. The van der Waals surface area contributed by atoms with Crippen LogP contribution >= 0.6 is 15.9 Å². The van der Waals surface area contributed by atoms with Gasteiger partial charge in [-0.3, -0.25) is 14.9 Å². The Morgan fingerprint density at radius 2 is 1.78 bits per heavy atom. The highest BCUT2D eigenvalue weighted by molar-refractivity contribution is 9.12. The number of nitrogens with zero attached hydrogens (tertiary/aromatic N) is 1. The number of Topliss-reactive ketones (excluding diaryl/α,β-unsaturated/α-hetero) is 1. The van der Waals surface area contributed by atoms with Crippen molar-refractivity contribution in [2.75, 3.05) is 6.26 Å². The van der Waals surface area contributed by atoms with Gasteiger partial charge in [-0.15, -0.1) is 0 Å². The van der Waals surface area contributed by atoms with Crippen LogP contribution < -0.4 is 0 Å². The first kappa shape index (κ1) is 14.8. The number of hydrogen-bond donors (Lipinski definition) is 0. The summed E-state index contributed by atoms with van der Waals surface area (Å²) < 4.78 is 21.2. The first-order valence-electron chi connectivity index (χ1n) is 4.75. The van der Waals surface area contributed by atoms with Crippen LogP contribution in [0.4, 0.5) is 5.69 Å². The number of nitro benzene ring substituents is 1. The number of sulfone groups is 1. The zero-order chi connectivity index (χ0) is 14.1. The fourth-order valence-corrected chi connectivity index (χ4v) is 1.84. The topological polar surface area (TPSA) is 94.3 Å². The van der Waals surface area contributed by atoms with E-state index in [1.165, 1.54) is 19.1 Å². The summed E-state index contributed by atoms with van der Waals surface area (Å²) in [5.74, 6) is -0.667. The molecular formula is C10H10BrNO5S. The molecule has 8 heteroatoms. The number of benzene rings is 1. The molecule has 6 nitrogen and oxygen atoms in total. The summed E-state index contributed by atoms with van der Waals surface area (Å²) >= 11 is 2.88. The third kappa shape index (κ3) is 2.75. The molecule has 0 aliphatic carbocycles. The number of non-ortho nitro benzene ring substituents is 1. The molecule has 1 aromatic carbocycles. The Kier molecular flexibility index (Phi) is 3.92. The summed E-state index contributed by atoms with van der Waals surface area (Å²) in [6, 6.07) is 4.76. The van der Waals surface area contributed by atoms with Crippen molar-refractivity contribution in [3.05, 3.63) is 39.9 Å². The third-order valence-corrected chi connectivity index (χ3v) is 6.14. The van der Waals surface area contributed by atoms with Crippen molar-refractivity contribution < 1.29 is 18.1 Å². The van der Waals surface area contributed by atoms with Crippen molar-refractivity contribution >= 4 is 37.2 Å². The van der Waals surface area contributed by atoms with E-state index in [1.54, 1.807) is 0 Å². The first-order chi connectivity index (χ1) is 8.07. The molecule has 0 fully saturated rings. The molecule has 0 spiro atoms. The second-order valence-corrected chi connectivity index (χ2v) is 8.29. The second-order valence-electron chi connectivity index (χ2n) is 3.82. The van der Waals surface area contributed by atoms with Crippen LogP contribution in [0.1, 0.15) is 17.3 Å². The highest BCUT2D eigenvalue weighted by atomic mass is 79.9. The van der Waals surface area contributed by atoms with Crippen molar-refractivity contribution in [3.63, 3.8) is 0 Å². The second kappa shape index (κ2) is 4.77. The number of nitro groups is 1. The molecule has 1 atom stereocenters. The zero-order valence-corrected chi connectivity index (χ0v) is 12.0. The van der Waals surface area contributed by atoms with Gasteiger partial charge >= 0.3 is 0 Å².